The molecule has 0 aliphatic heterocycles. The van der Waals surface area contributed by atoms with Crippen LogP contribution < -0.4 is 15.4 Å². The lowest BCUT2D eigenvalue weighted by Gasteiger charge is -2.18. The second-order valence-electron chi connectivity index (χ2n) is 7.25. The van der Waals surface area contributed by atoms with E-state index in [2.05, 4.69) is 56.4 Å². The molecular formula is C22H36IN5O. The van der Waals surface area contributed by atoms with E-state index in [1.807, 2.05) is 29.9 Å². The van der Waals surface area contributed by atoms with Crippen molar-refractivity contribution >= 4 is 29.9 Å². The minimum absolute atomic E-state index is 0. The van der Waals surface area contributed by atoms with E-state index < -0.39 is 0 Å². The first kappa shape index (κ1) is 25.3. The lowest BCUT2D eigenvalue weighted by Crippen LogP contribution is -2.43. The van der Waals surface area contributed by atoms with Gasteiger partial charge in [0.15, 0.2) is 5.96 Å². The second-order valence-corrected chi connectivity index (χ2v) is 7.25. The number of ether oxygens (including phenoxy) is 1. The summed E-state index contributed by atoms with van der Waals surface area (Å²) in [6, 6.07) is 8.36. The highest BCUT2D eigenvalue weighted by molar-refractivity contribution is 14.0. The number of rotatable bonds is 9. The molecule has 0 fully saturated rings. The van der Waals surface area contributed by atoms with Crippen LogP contribution in [0.1, 0.15) is 42.8 Å². The first-order chi connectivity index (χ1) is 13.4. The van der Waals surface area contributed by atoms with Crippen molar-refractivity contribution in [2.45, 2.75) is 53.5 Å². The van der Waals surface area contributed by atoms with Gasteiger partial charge in [0.05, 0.1) is 12.3 Å². The number of aromatic nitrogens is 2. The standard InChI is InChI=1S/C22H35N5O.HI/c1-7-23-22(24-13-10-14-28-21-12-9-8-11-16(21)2)25-17(3)15-20-18(4)26-27(6)19(20)5;/h8-9,11-12,17H,7,10,13-15H2,1-6H3,(H2,23,24,25);1H. The van der Waals surface area contributed by atoms with Crippen molar-refractivity contribution in [3.63, 3.8) is 0 Å². The summed E-state index contributed by atoms with van der Waals surface area (Å²) in [5.74, 6) is 1.80. The van der Waals surface area contributed by atoms with E-state index in [4.69, 9.17) is 9.73 Å². The molecule has 0 amide bonds. The Labute approximate surface area is 192 Å². The molecule has 0 bridgehead atoms. The number of hydrogen-bond donors (Lipinski definition) is 2. The topological polar surface area (TPSA) is 63.5 Å². The summed E-state index contributed by atoms with van der Waals surface area (Å²) in [4.78, 5) is 4.69. The maximum Gasteiger partial charge on any atom is 0.191 e. The van der Waals surface area contributed by atoms with Gasteiger partial charge in [0.1, 0.15) is 5.75 Å². The lowest BCUT2D eigenvalue weighted by atomic mass is 10.1. The van der Waals surface area contributed by atoms with Crippen LogP contribution in [0.3, 0.4) is 0 Å². The predicted molar refractivity (Wildman–Crippen MR) is 132 cm³/mol. The number of guanidine groups is 1. The molecule has 162 valence electrons. The Morgan fingerprint density at radius 1 is 1.24 bits per heavy atom. The maximum atomic E-state index is 5.85. The van der Waals surface area contributed by atoms with Crippen LogP contribution in [-0.4, -0.2) is 41.5 Å². The number of nitrogens with one attached hydrogen (secondary N) is 2. The molecule has 0 saturated carbocycles. The highest BCUT2D eigenvalue weighted by Gasteiger charge is 2.13. The van der Waals surface area contributed by atoms with Gasteiger partial charge >= 0.3 is 0 Å². The minimum atomic E-state index is 0. The average Bonchev–Trinajstić information content (AvgIpc) is 2.89. The van der Waals surface area contributed by atoms with Crippen LogP contribution in [0.2, 0.25) is 0 Å². The molecule has 2 N–H and O–H groups in total. The molecule has 2 aromatic rings. The van der Waals surface area contributed by atoms with E-state index in [1.165, 1.54) is 11.3 Å². The molecule has 1 unspecified atom stereocenters. The van der Waals surface area contributed by atoms with Crippen LogP contribution >= 0.6 is 24.0 Å². The third kappa shape index (κ3) is 7.87. The van der Waals surface area contributed by atoms with Crippen molar-refractivity contribution in [2.75, 3.05) is 19.7 Å². The van der Waals surface area contributed by atoms with Crippen LogP contribution in [0, 0.1) is 20.8 Å². The van der Waals surface area contributed by atoms with Gasteiger partial charge in [-0.3, -0.25) is 9.67 Å². The first-order valence-electron chi connectivity index (χ1n) is 10.1. The second kappa shape index (κ2) is 12.7. The Hall–Kier alpha value is -1.77. The molecule has 0 radical (unpaired) electrons. The van der Waals surface area contributed by atoms with E-state index in [9.17, 15) is 0 Å². The molecule has 1 heterocycles. The fourth-order valence-electron chi connectivity index (χ4n) is 3.18. The highest BCUT2D eigenvalue weighted by atomic mass is 127. The van der Waals surface area contributed by atoms with Crippen LogP contribution in [0.25, 0.3) is 0 Å². The van der Waals surface area contributed by atoms with Gasteiger partial charge in [-0.15, -0.1) is 24.0 Å². The Balaban J connectivity index is 0.00000420. The molecule has 0 spiro atoms. The van der Waals surface area contributed by atoms with Crippen molar-refractivity contribution in [1.29, 1.82) is 0 Å². The van der Waals surface area contributed by atoms with Crippen LogP contribution in [0.15, 0.2) is 29.3 Å². The molecule has 0 aliphatic carbocycles. The van der Waals surface area contributed by atoms with Crippen molar-refractivity contribution in [2.24, 2.45) is 12.0 Å². The van der Waals surface area contributed by atoms with Crippen molar-refractivity contribution < 1.29 is 4.74 Å². The van der Waals surface area contributed by atoms with Gasteiger partial charge in [-0.25, -0.2) is 0 Å². The number of nitrogens with zero attached hydrogens (tertiary/aromatic N) is 3. The Kier molecular flexibility index (Phi) is 11.1. The van der Waals surface area contributed by atoms with Crippen LogP contribution in [-0.2, 0) is 13.5 Å². The zero-order chi connectivity index (χ0) is 20.5. The molecule has 2 rings (SSSR count). The van der Waals surface area contributed by atoms with E-state index in [0.29, 0.717) is 6.61 Å². The Bertz CT molecular complexity index is 788. The molecule has 7 heteroatoms. The third-order valence-corrected chi connectivity index (χ3v) is 4.82. The Morgan fingerprint density at radius 3 is 2.59 bits per heavy atom. The summed E-state index contributed by atoms with van der Waals surface area (Å²) in [7, 11) is 1.99. The van der Waals surface area contributed by atoms with Gasteiger partial charge in [-0.05, 0) is 58.2 Å². The normalized spacial score (nSPS) is 12.3. The molecule has 29 heavy (non-hydrogen) atoms. The molecule has 1 aromatic heterocycles. The van der Waals surface area contributed by atoms with E-state index in [-0.39, 0.29) is 30.0 Å². The summed E-state index contributed by atoms with van der Waals surface area (Å²) in [5.41, 5.74) is 4.80. The number of benzene rings is 1. The van der Waals surface area contributed by atoms with Crippen molar-refractivity contribution in [1.82, 2.24) is 20.4 Å². The highest BCUT2D eigenvalue weighted by Crippen LogP contribution is 2.16. The van der Waals surface area contributed by atoms with Gasteiger partial charge in [0, 0.05) is 38.3 Å². The SMILES string of the molecule is CCNC(=NCCCOc1ccccc1C)NC(C)Cc1c(C)nn(C)c1C.I. The van der Waals surface area contributed by atoms with Crippen LogP contribution in [0.5, 0.6) is 5.75 Å². The fraction of sp³-hybridized carbons (Fsp3) is 0.545. The molecule has 6 nitrogen and oxygen atoms in total. The number of aliphatic imine (C=N–C) groups is 1. The summed E-state index contributed by atoms with van der Waals surface area (Å²) in [5, 5.41) is 11.3. The van der Waals surface area contributed by atoms with Gasteiger partial charge in [-0.2, -0.15) is 5.10 Å². The predicted octanol–water partition coefficient (Wildman–Crippen LogP) is 3.92. The minimum Gasteiger partial charge on any atom is -0.493 e. The molecule has 1 aromatic carbocycles. The van der Waals surface area contributed by atoms with Gasteiger partial charge in [-0.1, -0.05) is 18.2 Å². The zero-order valence-corrected chi connectivity index (χ0v) is 20.9. The first-order valence-corrected chi connectivity index (χ1v) is 10.1. The van der Waals surface area contributed by atoms with E-state index >= 15 is 0 Å². The molecule has 1 atom stereocenters. The summed E-state index contributed by atoms with van der Waals surface area (Å²) >= 11 is 0. The molecular weight excluding hydrogens is 477 g/mol. The van der Waals surface area contributed by atoms with Gasteiger partial charge in [0.25, 0.3) is 0 Å². The largest absolute Gasteiger partial charge is 0.493 e. The molecule has 0 aliphatic rings. The van der Waals surface area contributed by atoms with E-state index in [1.54, 1.807) is 0 Å². The van der Waals surface area contributed by atoms with Gasteiger partial charge < -0.3 is 15.4 Å². The number of halogens is 1. The van der Waals surface area contributed by atoms with Crippen LogP contribution in [0.4, 0.5) is 0 Å². The third-order valence-electron chi connectivity index (χ3n) is 4.82. The van der Waals surface area contributed by atoms with Gasteiger partial charge in [0.2, 0.25) is 0 Å². The summed E-state index contributed by atoms with van der Waals surface area (Å²) < 4.78 is 7.80. The zero-order valence-electron chi connectivity index (χ0n) is 18.6. The number of aryl methyl sites for hydroxylation is 3. The van der Waals surface area contributed by atoms with Crippen molar-refractivity contribution in [3.05, 3.63) is 46.8 Å². The average molecular weight is 513 g/mol. The summed E-state index contributed by atoms with van der Waals surface area (Å²) in [6.45, 7) is 12.7. The maximum absolute atomic E-state index is 5.85. The lowest BCUT2D eigenvalue weighted by molar-refractivity contribution is 0.311. The quantitative estimate of drug-likeness (QED) is 0.231. The Morgan fingerprint density at radius 2 is 1.97 bits per heavy atom. The fourth-order valence-corrected chi connectivity index (χ4v) is 3.18. The number of hydrogen-bond acceptors (Lipinski definition) is 3. The summed E-state index contributed by atoms with van der Waals surface area (Å²) in [6.07, 6.45) is 1.80. The van der Waals surface area contributed by atoms with Crippen molar-refractivity contribution in [3.8, 4) is 5.75 Å². The molecule has 0 saturated heterocycles. The monoisotopic (exact) mass is 513 g/mol. The van der Waals surface area contributed by atoms with E-state index in [0.717, 1.165) is 48.9 Å². The smallest absolute Gasteiger partial charge is 0.191 e. The number of para-hydroxylation sites is 1.